The normalized spacial score (nSPS) is 15.4. The first-order valence-corrected chi connectivity index (χ1v) is 9.03. The van der Waals surface area contributed by atoms with E-state index in [0.29, 0.717) is 5.16 Å². The first-order valence-electron chi connectivity index (χ1n) is 7.36. The van der Waals surface area contributed by atoms with Crippen molar-refractivity contribution in [3.63, 3.8) is 0 Å². The summed E-state index contributed by atoms with van der Waals surface area (Å²) in [7, 11) is 0. The van der Waals surface area contributed by atoms with Crippen molar-refractivity contribution in [2.24, 2.45) is 0 Å². The molecule has 6 nitrogen and oxygen atoms in total. The van der Waals surface area contributed by atoms with Gasteiger partial charge in [-0.3, -0.25) is 9.36 Å². The summed E-state index contributed by atoms with van der Waals surface area (Å²) in [6, 6.07) is 5.98. The molecule has 1 aromatic heterocycles. The largest absolute Gasteiger partial charge is 0.344 e. The molecule has 23 heavy (non-hydrogen) atoms. The van der Waals surface area contributed by atoms with E-state index in [4.69, 9.17) is 0 Å². The summed E-state index contributed by atoms with van der Waals surface area (Å²) in [5.74, 6) is -0.127. The van der Waals surface area contributed by atoms with E-state index in [1.54, 1.807) is 11.5 Å². The van der Waals surface area contributed by atoms with Gasteiger partial charge >= 0.3 is 5.69 Å². The van der Waals surface area contributed by atoms with Crippen molar-refractivity contribution in [3.05, 3.63) is 38.7 Å². The number of amides is 1. The van der Waals surface area contributed by atoms with Gasteiger partial charge in [-0.15, -0.1) is 5.10 Å². The maximum atomic E-state index is 12.4. The summed E-state index contributed by atoms with van der Waals surface area (Å²) in [6.07, 6.45) is 1.98. The Bertz CT molecular complexity index is 797. The molecule has 1 amide bonds. The number of aryl methyl sites for hydroxylation is 1. The Morgan fingerprint density at radius 3 is 2.91 bits per heavy atom. The maximum absolute atomic E-state index is 12.4. The number of halogens is 1. The number of aromatic amines is 1. The number of nitrogens with one attached hydrogen (secondary N) is 2. The van der Waals surface area contributed by atoms with Crippen LogP contribution in [0.5, 0.6) is 0 Å². The van der Waals surface area contributed by atoms with Crippen molar-refractivity contribution in [2.45, 2.75) is 43.1 Å². The Kier molecular flexibility index (Phi) is 4.63. The highest BCUT2D eigenvalue weighted by Gasteiger charge is 2.30. The van der Waals surface area contributed by atoms with Crippen molar-refractivity contribution in [1.29, 1.82) is 0 Å². The molecule has 0 unspecified atom stereocenters. The second kappa shape index (κ2) is 6.52. The van der Waals surface area contributed by atoms with Crippen LogP contribution in [0, 0.1) is 6.92 Å². The van der Waals surface area contributed by atoms with Crippen molar-refractivity contribution >= 4 is 39.3 Å². The van der Waals surface area contributed by atoms with Gasteiger partial charge in [-0.05, 0) is 60.3 Å². The smallest absolute Gasteiger partial charge is 0.324 e. The average Bonchev–Trinajstić information content (AvgIpc) is 3.26. The molecule has 1 aliphatic rings. The summed E-state index contributed by atoms with van der Waals surface area (Å²) >= 11 is 4.74. The number of H-pyrrole nitrogens is 1. The molecule has 122 valence electrons. The molecule has 1 heterocycles. The van der Waals surface area contributed by atoms with Crippen molar-refractivity contribution in [3.8, 4) is 0 Å². The van der Waals surface area contributed by atoms with E-state index in [9.17, 15) is 9.59 Å². The molecule has 2 aromatic rings. The predicted molar refractivity (Wildman–Crippen MR) is 93.9 cm³/mol. The highest BCUT2D eigenvalue weighted by Crippen LogP contribution is 2.37. The first-order chi connectivity index (χ1) is 11.0. The third-order valence-electron chi connectivity index (χ3n) is 3.62. The minimum absolute atomic E-state index is 0.127. The second-order valence-electron chi connectivity index (χ2n) is 5.65. The van der Waals surface area contributed by atoms with Crippen molar-refractivity contribution in [1.82, 2.24) is 14.8 Å². The number of thioether (sulfide) groups is 1. The van der Waals surface area contributed by atoms with Crippen LogP contribution in [0.1, 0.15) is 31.4 Å². The zero-order valence-electron chi connectivity index (χ0n) is 12.8. The predicted octanol–water partition coefficient (Wildman–Crippen LogP) is 3.10. The van der Waals surface area contributed by atoms with Gasteiger partial charge < -0.3 is 5.32 Å². The van der Waals surface area contributed by atoms with Gasteiger partial charge in [0.15, 0.2) is 5.16 Å². The first kappa shape index (κ1) is 16.3. The summed E-state index contributed by atoms with van der Waals surface area (Å²) in [5, 5.41) is 9.60. The fourth-order valence-corrected chi connectivity index (χ4v) is 3.71. The van der Waals surface area contributed by atoms with Gasteiger partial charge in [-0.2, -0.15) is 0 Å². The SMILES string of the molecule is Cc1ccc(NC(=O)[C@H](C)Sc2n[nH]c(=O)n2C2CC2)c(Br)c1. The van der Waals surface area contributed by atoms with Gasteiger partial charge in [0.1, 0.15) is 0 Å². The zero-order valence-corrected chi connectivity index (χ0v) is 15.2. The molecule has 3 rings (SSSR count). The van der Waals surface area contributed by atoms with E-state index >= 15 is 0 Å². The fourth-order valence-electron chi connectivity index (χ4n) is 2.20. The third-order valence-corrected chi connectivity index (χ3v) is 5.34. The summed E-state index contributed by atoms with van der Waals surface area (Å²) < 4.78 is 2.49. The molecule has 8 heteroatoms. The molecule has 0 radical (unpaired) electrons. The van der Waals surface area contributed by atoms with Crippen molar-refractivity contribution in [2.75, 3.05) is 5.32 Å². The number of rotatable bonds is 5. The second-order valence-corrected chi connectivity index (χ2v) is 7.81. The summed E-state index contributed by atoms with van der Waals surface area (Å²) in [6.45, 7) is 3.79. The monoisotopic (exact) mass is 396 g/mol. The van der Waals surface area contributed by atoms with Crippen LogP contribution in [0.2, 0.25) is 0 Å². The van der Waals surface area contributed by atoms with Crippen LogP contribution >= 0.6 is 27.7 Å². The van der Waals surface area contributed by atoms with Crippen LogP contribution in [-0.2, 0) is 4.79 Å². The Balaban J connectivity index is 1.69. The number of carbonyl (C=O) groups is 1. The van der Waals surface area contributed by atoms with E-state index in [1.807, 2.05) is 25.1 Å². The molecule has 1 aliphatic carbocycles. The Hall–Kier alpha value is -1.54. The molecule has 0 bridgehead atoms. The topological polar surface area (TPSA) is 79.8 Å². The molecule has 0 saturated heterocycles. The minimum atomic E-state index is -0.365. The van der Waals surface area contributed by atoms with E-state index in [-0.39, 0.29) is 22.9 Å². The van der Waals surface area contributed by atoms with Crippen LogP contribution in [0.3, 0.4) is 0 Å². The van der Waals surface area contributed by atoms with Crippen LogP contribution in [0.25, 0.3) is 0 Å². The van der Waals surface area contributed by atoms with Gasteiger partial charge in [0, 0.05) is 10.5 Å². The number of carbonyl (C=O) groups excluding carboxylic acids is 1. The molecule has 0 spiro atoms. The lowest BCUT2D eigenvalue weighted by atomic mass is 10.2. The quantitative estimate of drug-likeness (QED) is 0.760. The van der Waals surface area contributed by atoms with Gasteiger partial charge in [0.2, 0.25) is 5.91 Å². The number of anilines is 1. The highest BCUT2D eigenvalue weighted by molar-refractivity contribution is 9.10. The van der Waals surface area contributed by atoms with E-state index in [2.05, 4.69) is 31.4 Å². The molecule has 0 aliphatic heterocycles. The van der Waals surface area contributed by atoms with Gasteiger partial charge in [-0.1, -0.05) is 17.8 Å². The lowest BCUT2D eigenvalue weighted by Gasteiger charge is -2.13. The fraction of sp³-hybridized carbons (Fsp3) is 0.400. The Morgan fingerprint density at radius 2 is 2.26 bits per heavy atom. The van der Waals surface area contributed by atoms with Crippen LogP contribution in [0.4, 0.5) is 5.69 Å². The van der Waals surface area contributed by atoms with Crippen molar-refractivity contribution < 1.29 is 4.79 Å². The van der Waals surface area contributed by atoms with E-state index in [1.165, 1.54) is 11.8 Å². The summed E-state index contributed by atoms with van der Waals surface area (Å²) in [5.41, 5.74) is 1.64. The van der Waals surface area contributed by atoms with E-state index in [0.717, 1.165) is 28.6 Å². The Labute approximate surface area is 146 Å². The molecular formula is C15H17BrN4O2S. The number of hydrogen-bond donors (Lipinski definition) is 2. The third kappa shape index (κ3) is 3.69. The molecule has 1 aromatic carbocycles. The lowest BCUT2D eigenvalue weighted by Crippen LogP contribution is -2.24. The number of aromatic nitrogens is 3. The lowest BCUT2D eigenvalue weighted by molar-refractivity contribution is -0.115. The molecule has 1 atom stereocenters. The molecule has 1 fully saturated rings. The molecule has 1 saturated carbocycles. The standard InChI is InChI=1S/C15H17BrN4O2S/c1-8-3-6-12(11(16)7-8)17-13(21)9(2)23-15-19-18-14(22)20(15)10-4-5-10/h3,6-7,9-10H,4-5H2,1-2H3,(H,17,21)(H,18,22)/t9-/m0/s1. The van der Waals surface area contributed by atoms with E-state index < -0.39 is 0 Å². The maximum Gasteiger partial charge on any atom is 0.344 e. The Morgan fingerprint density at radius 1 is 1.52 bits per heavy atom. The minimum Gasteiger partial charge on any atom is -0.324 e. The van der Waals surface area contributed by atoms with Gasteiger partial charge in [0.05, 0.1) is 10.9 Å². The van der Waals surface area contributed by atoms with Crippen LogP contribution < -0.4 is 11.0 Å². The average molecular weight is 397 g/mol. The van der Waals surface area contributed by atoms with Crippen LogP contribution in [-0.4, -0.2) is 25.9 Å². The molecule has 2 N–H and O–H groups in total. The van der Waals surface area contributed by atoms with Gasteiger partial charge in [0.25, 0.3) is 0 Å². The number of hydrogen-bond acceptors (Lipinski definition) is 4. The number of nitrogens with zero attached hydrogens (tertiary/aromatic N) is 2. The van der Waals surface area contributed by atoms with Crippen LogP contribution in [0.15, 0.2) is 32.6 Å². The zero-order chi connectivity index (χ0) is 16.6. The van der Waals surface area contributed by atoms with Gasteiger partial charge in [-0.25, -0.2) is 9.89 Å². The summed E-state index contributed by atoms with van der Waals surface area (Å²) in [4.78, 5) is 24.1. The number of benzene rings is 1. The molecular weight excluding hydrogens is 380 g/mol. The highest BCUT2D eigenvalue weighted by atomic mass is 79.9.